The minimum absolute atomic E-state index is 0.472. The van der Waals surface area contributed by atoms with Crippen molar-refractivity contribution in [2.45, 2.75) is 18.8 Å². The summed E-state index contributed by atoms with van der Waals surface area (Å²) in [7, 11) is 0. The number of halogens is 2. The van der Waals surface area contributed by atoms with E-state index < -0.39 is 11.9 Å². The average Bonchev–Trinajstić information content (AvgIpc) is 2.81. The number of aryl methyl sites for hydroxylation is 1. The van der Waals surface area contributed by atoms with Crippen LogP contribution in [-0.4, -0.2) is 16.1 Å². The van der Waals surface area contributed by atoms with E-state index in [2.05, 4.69) is 4.98 Å². The fourth-order valence-corrected chi connectivity index (χ4v) is 2.94. The molecule has 0 radical (unpaired) electrons. The molecular formula is C15H11Cl2NO2. The minimum atomic E-state index is -0.819. The number of pyridine rings is 1. The first-order valence-electron chi connectivity index (χ1n) is 6.24. The summed E-state index contributed by atoms with van der Waals surface area (Å²) in [4.78, 5) is 15.7. The van der Waals surface area contributed by atoms with Gasteiger partial charge in [-0.05, 0) is 36.6 Å². The standard InChI is InChI=1S/C15H11Cl2NO2/c16-9-3-1-8(2-4-9)14-12(17)7-11-10(15(19)20)5-6-13(11)18-14/h1-4,7,10H,5-6H2,(H,19,20). The Kier molecular flexibility index (Phi) is 3.40. The third-order valence-corrected chi connectivity index (χ3v) is 4.09. The second-order valence-corrected chi connectivity index (χ2v) is 5.63. The quantitative estimate of drug-likeness (QED) is 0.906. The van der Waals surface area contributed by atoms with E-state index in [9.17, 15) is 9.90 Å². The number of aliphatic carboxylic acids is 1. The van der Waals surface area contributed by atoms with E-state index >= 15 is 0 Å². The average molecular weight is 308 g/mol. The molecule has 0 aliphatic heterocycles. The number of fused-ring (bicyclic) bond motifs is 1. The normalized spacial score (nSPS) is 17.0. The summed E-state index contributed by atoms with van der Waals surface area (Å²) in [6.45, 7) is 0. The molecule has 1 aliphatic carbocycles. The molecule has 0 spiro atoms. The number of carbonyl (C=O) groups is 1. The molecule has 0 amide bonds. The second-order valence-electron chi connectivity index (χ2n) is 4.79. The van der Waals surface area contributed by atoms with Crippen molar-refractivity contribution in [3.8, 4) is 11.3 Å². The van der Waals surface area contributed by atoms with Crippen molar-refractivity contribution in [3.05, 3.63) is 51.6 Å². The van der Waals surface area contributed by atoms with Gasteiger partial charge in [0.05, 0.1) is 16.6 Å². The van der Waals surface area contributed by atoms with Crippen LogP contribution < -0.4 is 0 Å². The molecule has 1 unspecified atom stereocenters. The van der Waals surface area contributed by atoms with Crippen LogP contribution in [0.4, 0.5) is 0 Å². The first-order valence-corrected chi connectivity index (χ1v) is 7.00. The fourth-order valence-electron chi connectivity index (χ4n) is 2.55. The van der Waals surface area contributed by atoms with Gasteiger partial charge in [-0.25, -0.2) is 0 Å². The van der Waals surface area contributed by atoms with E-state index in [0.717, 1.165) is 16.8 Å². The van der Waals surface area contributed by atoms with Crippen molar-refractivity contribution in [1.29, 1.82) is 0 Å². The molecule has 0 saturated heterocycles. The first-order chi connectivity index (χ1) is 9.56. The van der Waals surface area contributed by atoms with Crippen molar-refractivity contribution in [2.75, 3.05) is 0 Å². The van der Waals surface area contributed by atoms with Crippen LogP contribution in [-0.2, 0) is 11.2 Å². The van der Waals surface area contributed by atoms with Gasteiger partial charge in [0.2, 0.25) is 0 Å². The molecule has 0 fully saturated rings. The van der Waals surface area contributed by atoms with Gasteiger partial charge in [0.1, 0.15) is 0 Å². The number of nitrogens with zero attached hydrogens (tertiary/aromatic N) is 1. The molecule has 20 heavy (non-hydrogen) atoms. The molecule has 3 nitrogen and oxygen atoms in total. The van der Waals surface area contributed by atoms with Crippen molar-refractivity contribution in [1.82, 2.24) is 4.98 Å². The molecule has 1 N–H and O–H groups in total. The van der Waals surface area contributed by atoms with Gasteiger partial charge in [-0.15, -0.1) is 0 Å². The lowest BCUT2D eigenvalue weighted by Gasteiger charge is -2.09. The van der Waals surface area contributed by atoms with Gasteiger partial charge >= 0.3 is 5.97 Å². The minimum Gasteiger partial charge on any atom is -0.481 e. The lowest BCUT2D eigenvalue weighted by atomic mass is 10.0. The van der Waals surface area contributed by atoms with Gasteiger partial charge in [0, 0.05) is 16.3 Å². The van der Waals surface area contributed by atoms with Gasteiger partial charge in [-0.2, -0.15) is 0 Å². The molecule has 1 heterocycles. The van der Waals surface area contributed by atoms with Crippen molar-refractivity contribution < 1.29 is 9.90 Å². The van der Waals surface area contributed by atoms with Crippen LogP contribution in [0.5, 0.6) is 0 Å². The lowest BCUT2D eigenvalue weighted by Crippen LogP contribution is -2.08. The van der Waals surface area contributed by atoms with Gasteiger partial charge in [0.25, 0.3) is 0 Å². The Morgan fingerprint density at radius 2 is 1.95 bits per heavy atom. The summed E-state index contributed by atoms with van der Waals surface area (Å²) in [6, 6.07) is 9.00. The number of hydrogen-bond acceptors (Lipinski definition) is 2. The lowest BCUT2D eigenvalue weighted by molar-refractivity contribution is -0.138. The van der Waals surface area contributed by atoms with Gasteiger partial charge < -0.3 is 5.11 Å². The molecule has 2 aromatic rings. The Hall–Kier alpha value is -1.58. The Morgan fingerprint density at radius 3 is 2.60 bits per heavy atom. The molecule has 1 aromatic carbocycles. The third-order valence-electron chi connectivity index (χ3n) is 3.55. The maximum atomic E-state index is 11.2. The van der Waals surface area contributed by atoms with Crippen LogP contribution >= 0.6 is 23.2 Å². The van der Waals surface area contributed by atoms with Crippen LogP contribution in [0, 0.1) is 0 Å². The zero-order valence-electron chi connectivity index (χ0n) is 10.4. The van der Waals surface area contributed by atoms with E-state index in [1.54, 1.807) is 18.2 Å². The summed E-state index contributed by atoms with van der Waals surface area (Å²) < 4.78 is 0. The summed E-state index contributed by atoms with van der Waals surface area (Å²) >= 11 is 12.1. The summed E-state index contributed by atoms with van der Waals surface area (Å²) in [5.41, 5.74) is 3.11. The summed E-state index contributed by atoms with van der Waals surface area (Å²) in [5, 5.41) is 10.3. The number of carboxylic acid groups (broad SMARTS) is 1. The zero-order valence-corrected chi connectivity index (χ0v) is 11.9. The predicted octanol–water partition coefficient (Wildman–Crippen LogP) is 4.17. The molecule has 5 heteroatoms. The molecule has 3 rings (SSSR count). The molecule has 0 bridgehead atoms. The number of carboxylic acids is 1. The van der Waals surface area contributed by atoms with Crippen LogP contribution in [0.1, 0.15) is 23.6 Å². The zero-order chi connectivity index (χ0) is 14.3. The van der Waals surface area contributed by atoms with Crippen LogP contribution in [0.2, 0.25) is 10.0 Å². The topological polar surface area (TPSA) is 50.2 Å². The van der Waals surface area contributed by atoms with Crippen molar-refractivity contribution >= 4 is 29.2 Å². The number of benzene rings is 1. The third kappa shape index (κ3) is 2.28. The smallest absolute Gasteiger partial charge is 0.311 e. The van der Waals surface area contributed by atoms with Crippen molar-refractivity contribution in [3.63, 3.8) is 0 Å². The predicted molar refractivity (Wildman–Crippen MR) is 78.4 cm³/mol. The Bertz CT molecular complexity index is 683. The van der Waals surface area contributed by atoms with E-state index in [0.29, 0.717) is 28.6 Å². The van der Waals surface area contributed by atoms with Gasteiger partial charge in [-0.3, -0.25) is 9.78 Å². The van der Waals surface area contributed by atoms with Crippen LogP contribution in [0.25, 0.3) is 11.3 Å². The first kappa shape index (κ1) is 13.4. The largest absolute Gasteiger partial charge is 0.481 e. The highest BCUT2D eigenvalue weighted by molar-refractivity contribution is 6.33. The molecule has 1 aliphatic rings. The van der Waals surface area contributed by atoms with Gasteiger partial charge in [0.15, 0.2) is 0 Å². The van der Waals surface area contributed by atoms with Gasteiger partial charge in [-0.1, -0.05) is 35.3 Å². The fraction of sp³-hybridized carbons (Fsp3) is 0.200. The number of rotatable bonds is 2. The Balaban J connectivity index is 2.08. The highest BCUT2D eigenvalue weighted by atomic mass is 35.5. The van der Waals surface area contributed by atoms with E-state index in [4.69, 9.17) is 23.2 Å². The van der Waals surface area contributed by atoms with E-state index in [1.807, 2.05) is 12.1 Å². The molecule has 1 atom stereocenters. The summed E-state index contributed by atoms with van der Waals surface area (Å²) in [6.07, 6.45) is 1.25. The van der Waals surface area contributed by atoms with Crippen molar-refractivity contribution in [2.24, 2.45) is 0 Å². The van der Waals surface area contributed by atoms with E-state index in [-0.39, 0.29) is 0 Å². The summed E-state index contributed by atoms with van der Waals surface area (Å²) in [5.74, 6) is -1.31. The Labute approximate surface area is 126 Å². The highest BCUT2D eigenvalue weighted by Crippen LogP contribution is 2.37. The number of aromatic nitrogens is 1. The SMILES string of the molecule is O=C(O)C1CCc2nc(-c3ccc(Cl)cc3)c(Cl)cc21. The van der Waals surface area contributed by atoms with Crippen LogP contribution in [0.15, 0.2) is 30.3 Å². The molecule has 0 saturated carbocycles. The number of hydrogen-bond donors (Lipinski definition) is 1. The molecule has 1 aromatic heterocycles. The van der Waals surface area contributed by atoms with Crippen LogP contribution in [0.3, 0.4) is 0 Å². The molecule has 102 valence electrons. The Morgan fingerprint density at radius 1 is 1.25 bits per heavy atom. The van der Waals surface area contributed by atoms with E-state index in [1.165, 1.54) is 0 Å². The maximum absolute atomic E-state index is 11.2. The second kappa shape index (κ2) is 5.08. The molecular weight excluding hydrogens is 297 g/mol. The maximum Gasteiger partial charge on any atom is 0.311 e. The highest BCUT2D eigenvalue weighted by Gasteiger charge is 2.30. The monoisotopic (exact) mass is 307 g/mol.